The number of benzene rings is 2. The molecule has 1 amide bonds. The predicted octanol–water partition coefficient (Wildman–Crippen LogP) is 4.22. The third-order valence-corrected chi connectivity index (χ3v) is 3.68. The van der Waals surface area contributed by atoms with Crippen LogP contribution in [0.4, 0.5) is 5.82 Å². The molecule has 3 rings (SSSR count). The van der Waals surface area contributed by atoms with Crippen LogP contribution in [0.5, 0.6) is 0 Å². The molecule has 118 valence electrons. The summed E-state index contributed by atoms with van der Waals surface area (Å²) < 4.78 is 0. The first-order valence-electron chi connectivity index (χ1n) is 7.27. The Morgan fingerprint density at radius 3 is 2.17 bits per heavy atom. The first-order valence-corrected chi connectivity index (χ1v) is 7.64. The van der Waals surface area contributed by atoms with E-state index in [1.54, 1.807) is 72.9 Å². The highest BCUT2D eigenvalue weighted by atomic mass is 35.5. The average Bonchev–Trinajstić information content (AvgIpc) is 2.62. The standard InChI is InChI=1S/C19H13ClN2O2/c20-14-10-8-13(9-11-14)18(23)15-5-1-2-6-16(15)19(24)22-17-7-3-4-12-21-17/h1-12H,(H,21,22,24). The van der Waals surface area contributed by atoms with Crippen LogP contribution in [0.3, 0.4) is 0 Å². The van der Waals surface area contributed by atoms with Crippen molar-refractivity contribution >= 4 is 29.1 Å². The summed E-state index contributed by atoms with van der Waals surface area (Å²) in [6.07, 6.45) is 1.58. The SMILES string of the molecule is O=C(Nc1ccccn1)c1ccccc1C(=O)c1ccc(Cl)cc1. The Morgan fingerprint density at radius 1 is 0.833 bits per heavy atom. The van der Waals surface area contributed by atoms with Gasteiger partial charge in [-0.1, -0.05) is 35.9 Å². The van der Waals surface area contributed by atoms with Crippen molar-refractivity contribution in [3.63, 3.8) is 0 Å². The van der Waals surface area contributed by atoms with Gasteiger partial charge in [0, 0.05) is 22.3 Å². The van der Waals surface area contributed by atoms with Gasteiger partial charge in [0.2, 0.25) is 0 Å². The number of nitrogens with one attached hydrogen (secondary N) is 1. The molecule has 1 aromatic heterocycles. The summed E-state index contributed by atoms with van der Waals surface area (Å²) in [5, 5.41) is 3.24. The van der Waals surface area contributed by atoms with E-state index >= 15 is 0 Å². The third-order valence-electron chi connectivity index (χ3n) is 3.43. The zero-order valence-corrected chi connectivity index (χ0v) is 13.3. The van der Waals surface area contributed by atoms with Crippen LogP contribution in [0, 0.1) is 0 Å². The van der Waals surface area contributed by atoms with Gasteiger partial charge >= 0.3 is 0 Å². The number of halogens is 1. The minimum atomic E-state index is -0.383. The fourth-order valence-corrected chi connectivity index (χ4v) is 2.38. The fourth-order valence-electron chi connectivity index (χ4n) is 2.26. The smallest absolute Gasteiger partial charge is 0.257 e. The monoisotopic (exact) mass is 336 g/mol. The van der Waals surface area contributed by atoms with Gasteiger partial charge in [0.1, 0.15) is 5.82 Å². The maximum absolute atomic E-state index is 12.7. The molecule has 4 nitrogen and oxygen atoms in total. The Balaban J connectivity index is 1.91. The number of carbonyl (C=O) groups excluding carboxylic acids is 2. The summed E-state index contributed by atoms with van der Waals surface area (Å²) in [6, 6.07) is 18.5. The van der Waals surface area contributed by atoms with Gasteiger partial charge in [-0.3, -0.25) is 9.59 Å². The van der Waals surface area contributed by atoms with Crippen molar-refractivity contribution in [1.82, 2.24) is 4.98 Å². The molecule has 0 aliphatic heterocycles. The van der Waals surface area contributed by atoms with Crippen molar-refractivity contribution in [3.8, 4) is 0 Å². The van der Waals surface area contributed by atoms with Crippen LogP contribution in [0.25, 0.3) is 0 Å². The predicted molar refractivity (Wildman–Crippen MR) is 93.5 cm³/mol. The molecule has 0 fully saturated rings. The Bertz CT molecular complexity index is 877. The lowest BCUT2D eigenvalue weighted by atomic mass is 9.98. The van der Waals surface area contributed by atoms with Crippen LogP contribution in [-0.2, 0) is 0 Å². The molecule has 0 atom stereocenters. The van der Waals surface area contributed by atoms with Gasteiger partial charge < -0.3 is 5.32 Å². The quantitative estimate of drug-likeness (QED) is 0.726. The van der Waals surface area contributed by atoms with E-state index in [-0.39, 0.29) is 11.7 Å². The molecule has 1 heterocycles. The number of pyridine rings is 1. The van der Waals surface area contributed by atoms with E-state index in [2.05, 4.69) is 10.3 Å². The Labute approximate surface area is 144 Å². The average molecular weight is 337 g/mol. The van der Waals surface area contributed by atoms with Gasteiger partial charge in [-0.15, -0.1) is 0 Å². The normalized spacial score (nSPS) is 10.2. The van der Waals surface area contributed by atoms with E-state index in [4.69, 9.17) is 11.6 Å². The molecule has 0 aliphatic carbocycles. The lowest BCUT2D eigenvalue weighted by Gasteiger charge is -2.09. The maximum Gasteiger partial charge on any atom is 0.257 e. The number of carbonyl (C=O) groups is 2. The number of amides is 1. The summed E-state index contributed by atoms with van der Waals surface area (Å²) >= 11 is 5.85. The second kappa shape index (κ2) is 7.06. The minimum Gasteiger partial charge on any atom is -0.307 e. The van der Waals surface area contributed by atoms with Crippen molar-refractivity contribution in [2.75, 3.05) is 5.32 Å². The molecule has 0 saturated heterocycles. The molecule has 3 aromatic rings. The van der Waals surface area contributed by atoms with E-state index in [9.17, 15) is 9.59 Å². The van der Waals surface area contributed by atoms with Gasteiger partial charge in [-0.2, -0.15) is 0 Å². The summed E-state index contributed by atoms with van der Waals surface area (Å²) in [7, 11) is 0. The van der Waals surface area contributed by atoms with Gasteiger partial charge in [0.05, 0.1) is 5.56 Å². The number of anilines is 1. The van der Waals surface area contributed by atoms with Crippen molar-refractivity contribution in [1.29, 1.82) is 0 Å². The van der Waals surface area contributed by atoms with Crippen LogP contribution < -0.4 is 5.32 Å². The van der Waals surface area contributed by atoms with Gasteiger partial charge in [0.15, 0.2) is 5.78 Å². The molecular weight excluding hydrogens is 324 g/mol. The number of ketones is 1. The van der Waals surface area contributed by atoms with Crippen molar-refractivity contribution in [3.05, 3.63) is 94.6 Å². The van der Waals surface area contributed by atoms with E-state index in [1.807, 2.05) is 0 Å². The van der Waals surface area contributed by atoms with Crippen LogP contribution in [0.1, 0.15) is 26.3 Å². The molecule has 24 heavy (non-hydrogen) atoms. The summed E-state index contributed by atoms with van der Waals surface area (Å²) in [6.45, 7) is 0. The van der Waals surface area contributed by atoms with Crippen LogP contribution >= 0.6 is 11.6 Å². The van der Waals surface area contributed by atoms with Crippen LogP contribution in [0.15, 0.2) is 72.9 Å². The van der Waals surface area contributed by atoms with E-state index in [0.717, 1.165) is 0 Å². The van der Waals surface area contributed by atoms with Crippen molar-refractivity contribution < 1.29 is 9.59 Å². The molecule has 0 bridgehead atoms. The summed E-state index contributed by atoms with van der Waals surface area (Å²) in [5.41, 5.74) is 1.09. The number of rotatable bonds is 4. The lowest BCUT2D eigenvalue weighted by Crippen LogP contribution is -2.17. The number of hydrogen-bond acceptors (Lipinski definition) is 3. The second-order valence-corrected chi connectivity index (χ2v) is 5.49. The van der Waals surface area contributed by atoms with E-state index in [1.165, 1.54) is 0 Å². The summed E-state index contributed by atoms with van der Waals surface area (Å²) in [5.74, 6) is -0.193. The number of hydrogen-bond donors (Lipinski definition) is 1. The van der Waals surface area contributed by atoms with Gasteiger partial charge in [0.25, 0.3) is 5.91 Å². The maximum atomic E-state index is 12.7. The first-order chi connectivity index (χ1) is 11.6. The molecule has 0 spiro atoms. The first kappa shape index (κ1) is 15.9. The van der Waals surface area contributed by atoms with Crippen molar-refractivity contribution in [2.45, 2.75) is 0 Å². The molecule has 0 saturated carbocycles. The minimum absolute atomic E-state index is 0.238. The van der Waals surface area contributed by atoms with Gasteiger partial charge in [-0.25, -0.2) is 4.98 Å². The fraction of sp³-hybridized carbons (Fsp3) is 0. The highest BCUT2D eigenvalue weighted by Gasteiger charge is 2.18. The second-order valence-electron chi connectivity index (χ2n) is 5.05. The zero-order valence-electron chi connectivity index (χ0n) is 12.6. The third kappa shape index (κ3) is 3.50. The molecule has 0 radical (unpaired) electrons. The largest absolute Gasteiger partial charge is 0.307 e. The number of aromatic nitrogens is 1. The van der Waals surface area contributed by atoms with Crippen LogP contribution in [0.2, 0.25) is 5.02 Å². The van der Waals surface area contributed by atoms with Crippen molar-refractivity contribution in [2.24, 2.45) is 0 Å². The highest BCUT2D eigenvalue weighted by Crippen LogP contribution is 2.18. The molecule has 2 aromatic carbocycles. The highest BCUT2D eigenvalue weighted by molar-refractivity contribution is 6.30. The Kier molecular flexibility index (Phi) is 4.68. The molecule has 5 heteroatoms. The van der Waals surface area contributed by atoms with Crippen LogP contribution in [-0.4, -0.2) is 16.7 Å². The topological polar surface area (TPSA) is 59.1 Å². The molecule has 0 unspecified atom stereocenters. The van der Waals surface area contributed by atoms with E-state index < -0.39 is 0 Å². The molecular formula is C19H13ClN2O2. The number of nitrogens with zero attached hydrogens (tertiary/aromatic N) is 1. The molecule has 1 N–H and O–H groups in total. The Morgan fingerprint density at radius 2 is 1.50 bits per heavy atom. The zero-order chi connectivity index (χ0) is 16.9. The lowest BCUT2D eigenvalue weighted by molar-refractivity contribution is 0.0996. The van der Waals surface area contributed by atoms with Gasteiger partial charge in [-0.05, 0) is 42.5 Å². The Hall–Kier alpha value is -2.98. The van der Waals surface area contributed by atoms with E-state index in [0.29, 0.717) is 27.5 Å². The summed E-state index contributed by atoms with van der Waals surface area (Å²) in [4.78, 5) is 29.3. The molecule has 0 aliphatic rings.